The molecule has 1 aromatic carbocycles. The van der Waals surface area contributed by atoms with Gasteiger partial charge in [-0.25, -0.2) is 4.79 Å². The normalized spacial score (nSPS) is 23.4. The van der Waals surface area contributed by atoms with Crippen molar-refractivity contribution in [1.29, 1.82) is 0 Å². The van der Waals surface area contributed by atoms with Crippen molar-refractivity contribution in [1.82, 2.24) is 10.2 Å². The minimum Gasteiger partial charge on any atom is -0.496 e. The summed E-state index contributed by atoms with van der Waals surface area (Å²) in [5.74, 6) is 2.84. The van der Waals surface area contributed by atoms with Gasteiger partial charge in [-0.2, -0.15) is 0 Å². The van der Waals surface area contributed by atoms with E-state index in [1.54, 1.807) is 14.2 Å². The molecule has 2 saturated heterocycles. The fourth-order valence-electron chi connectivity index (χ4n) is 3.78. The lowest BCUT2D eigenvalue weighted by atomic mass is 9.92. The van der Waals surface area contributed by atoms with Gasteiger partial charge < -0.3 is 25.0 Å². The molecule has 0 bridgehead atoms. The van der Waals surface area contributed by atoms with Gasteiger partial charge >= 0.3 is 6.03 Å². The van der Waals surface area contributed by atoms with E-state index in [1.807, 2.05) is 24.0 Å². The fraction of sp³-hybridized carbons (Fsp3) is 0.611. The van der Waals surface area contributed by atoms with E-state index in [0.717, 1.165) is 44.6 Å². The number of carbonyl (C=O) groups excluding carboxylic acids is 1. The van der Waals surface area contributed by atoms with Crippen LogP contribution in [0.4, 0.5) is 10.5 Å². The Morgan fingerprint density at radius 1 is 1.12 bits per heavy atom. The van der Waals surface area contributed by atoms with Crippen LogP contribution in [0.5, 0.6) is 11.5 Å². The number of amides is 2. The highest BCUT2D eigenvalue weighted by molar-refractivity contribution is 5.90. The van der Waals surface area contributed by atoms with Crippen LogP contribution < -0.4 is 20.1 Å². The second-order valence-corrected chi connectivity index (χ2v) is 6.68. The maximum atomic E-state index is 12.6. The number of likely N-dealkylation sites (tertiary alicyclic amines) is 1. The van der Waals surface area contributed by atoms with Crippen molar-refractivity contribution < 1.29 is 14.3 Å². The van der Waals surface area contributed by atoms with Crippen LogP contribution in [-0.2, 0) is 0 Å². The summed E-state index contributed by atoms with van der Waals surface area (Å²) in [5.41, 5.74) is 1.62. The number of fused-ring (bicyclic) bond motifs is 1. The summed E-state index contributed by atoms with van der Waals surface area (Å²) in [6.07, 6.45) is 2.15. The van der Waals surface area contributed by atoms with E-state index >= 15 is 0 Å². The predicted octanol–water partition coefficient (Wildman–Crippen LogP) is 2.48. The zero-order chi connectivity index (χ0) is 17.1. The van der Waals surface area contributed by atoms with E-state index in [4.69, 9.17) is 9.47 Å². The Kier molecular flexibility index (Phi) is 5.14. The molecule has 2 aliphatic rings. The van der Waals surface area contributed by atoms with Crippen LogP contribution in [0, 0.1) is 18.8 Å². The van der Waals surface area contributed by atoms with Gasteiger partial charge in [-0.05, 0) is 44.7 Å². The molecule has 2 aliphatic heterocycles. The molecule has 1 aromatic rings. The van der Waals surface area contributed by atoms with Crippen LogP contribution in [0.3, 0.4) is 0 Å². The number of methoxy groups -OCH3 is 2. The van der Waals surface area contributed by atoms with Crippen molar-refractivity contribution in [2.45, 2.75) is 19.8 Å². The van der Waals surface area contributed by atoms with Crippen LogP contribution in [0.15, 0.2) is 12.1 Å². The molecule has 0 aromatic heterocycles. The Hall–Kier alpha value is -1.95. The second kappa shape index (κ2) is 7.30. The monoisotopic (exact) mass is 333 g/mol. The number of hydrogen-bond acceptors (Lipinski definition) is 4. The summed E-state index contributed by atoms with van der Waals surface area (Å²) in [5, 5.41) is 6.45. The average molecular weight is 333 g/mol. The quantitative estimate of drug-likeness (QED) is 0.892. The van der Waals surface area contributed by atoms with E-state index in [2.05, 4.69) is 10.6 Å². The number of hydrogen-bond donors (Lipinski definition) is 2. The Balaban J connectivity index is 1.68. The largest absolute Gasteiger partial charge is 0.496 e. The smallest absolute Gasteiger partial charge is 0.321 e. The third-order valence-corrected chi connectivity index (χ3v) is 5.31. The van der Waals surface area contributed by atoms with Gasteiger partial charge in [0.2, 0.25) is 0 Å². The van der Waals surface area contributed by atoms with E-state index < -0.39 is 0 Å². The molecule has 132 valence electrons. The third kappa shape index (κ3) is 3.43. The molecule has 3 rings (SSSR count). The Labute approximate surface area is 143 Å². The van der Waals surface area contributed by atoms with Crippen molar-refractivity contribution >= 4 is 11.7 Å². The van der Waals surface area contributed by atoms with Gasteiger partial charge in [-0.3, -0.25) is 0 Å². The summed E-state index contributed by atoms with van der Waals surface area (Å²) < 4.78 is 10.7. The lowest BCUT2D eigenvalue weighted by Crippen LogP contribution is -2.36. The van der Waals surface area contributed by atoms with Gasteiger partial charge in [0.1, 0.15) is 11.5 Å². The molecule has 0 radical (unpaired) electrons. The van der Waals surface area contributed by atoms with E-state index in [-0.39, 0.29) is 6.03 Å². The highest BCUT2D eigenvalue weighted by atomic mass is 16.5. The Morgan fingerprint density at radius 3 is 2.17 bits per heavy atom. The van der Waals surface area contributed by atoms with Gasteiger partial charge in [0.25, 0.3) is 0 Å². The highest BCUT2D eigenvalue weighted by Gasteiger charge is 2.31. The first-order valence-corrected chi connectivity index (χ1v) is 8.61. The van der Waals surface area contributed by atoms with Crippen molar-refractivity contribution in [2.24, 2.45) is 11.8 Å². The van der Waals surface area contributed by atoms with Gasteiger partial charge in [0.05, 0.1) is 14.2 Å². The molecule has 0 spiro atoms. The van der Waals surface area contributed by atoms with E-state index in [9.17, 15) is 4.79 Å². The number of nitrogens with zero attached hydrogens (tertiary/aromatic N) is 1. The minimum atomic E-state index is -0.0455. The lowest BCUT2D eigenvalue weighted by Gasteiger charge is -2.22. The molecular weight excluding hydrogens is 306 g/mol. The van der Waals surface area contributed by atoms with Crippen molar-refractivity contribution in [3.05, 3.63) is 17.7 Å². The van der Waals surface area contributed by atoms with Crippen molar-refractivity contribution in [3.63, 3.8) is 0 Å². The molecule has 2 heterocycles. The molecule has 2 amide bonds. The molecular formula is C18H27N3O3. The number of urea groups is 1. The number of benzene rings is 1. The van der Waals surface area contributed by atoms with E-state index in [0.29, 0.717) is 29.0 Å². The van der Waals surface area contributed by atoms with Gasteiger partial charge in [0.15, 0.2) is 0 Å². The molecule has 0 unspecified atom stereocenters. The van der Waals surface area contributed by atoms with Gasteiger partial charge in [-0.15, -0.1) is 0 Å². The van der Waals surface area contributed by atoms with E-state index in [1.165, 1.54) is 0 Å². The molecule has 24 heavy (non-hydrogen) atoms. The molecule has 2 fully saturated rings. The molecule has 2 N–H and O–H groups in total. The number of ether oxygens (including phenoxy) is 2. The molecule has 2 atom stereocenters. The number of carbonyl (C=O) groups is 1. The summed E-state index contributed by atoms with van der Waals surface area (Å²) in [6, 6.07) is 3.63. The van der Waals surface area contributed by atoms with Crippen LogP contribution in [0.25, 0.3) is 0 Å². The fourth-order valence-corrected chi connectivity index (χ4v) is 3.78. The summed E-state index contributed by atoms with van der Waals surface area (Å²) in [7, 11) is 3.24. The highest BCUT2D eigenvalue weighted by Crippen LogP contribution is 2.32. The first-order chi connectivity index (χ1) is 11.6. The number of rotatable bonds is 3. The Morgan fingerprint density at radius 2 is 1.67 bits per heavy atom. The maximum absolute atomic E-state index is 12.6. The molecule has 6 heteroatoms. The number of nitrogens with one attached hydrogen (secondary N) is 2. The first-order valence-electron chi connectivity index (χ1n) is 8.61. The Bertz CT molecular complexity index is 566. The molecule has 0 saturated carbocycles. The number of anilines is 1. The topological polar surface area (TPSA) is 62.8 Å². The molecule has 0 aliphatic carbocycles. The summed E-state index contributed by atoms with van der Waals surface area (Å²) in [6.45, 7) is 5.74. The van der Waals surface area contributed by atoms with Gasteiger partial charge in [0, 0.05) is 36.5 Å². The van der Waals surface area contributed by atoms with Crippen molar-refractivity contribution in [2.75, 3.05) is 45.7 Å². The maximum Gasteiger partial charge on any atom is 0.321 e. The lowest BCUT2D eigenvalue weighted by molar-refractivity contribution is 0.212. The summed E-state index contributed by atoms with van der Waals surface area (Å²) >= 11 is 0. The second-order valence-electron chi connectivity index (χ2n) is 6.68. The van der Waals surface area contributed by atoms with Crippen LogP contribution in [-0.4, -0.2) is 51.3 Å². The first kappa shape index (κ1) is 16.9. The van der Waals surface area contributed by atoms with Crippen molar-refractivity contribution in [3.8, 4) is 11.5 Å². The zero-order valence-corrected chi connectivity index (χ0v) is 14.7. The SMILES string of the molecule is COc1cc(NC(=O)N2CC[C@@H]3CNC[C@@H]3CC2)cc(OC)c1C. The summed E-state index contributed by atoms with van der Waals surface area (Å²) in [4.78, 5) is 14.6. The third-order valence-electron chi connectivity index (χ3n) is 5.31. The standard InChI is InChI=1S/C18H27N3O3/c1-12-16(23-2)8-15(9-17(12)24-3)20-18(22)21-6-4-13-10-19-11-14(13)5-7-21/h8-9,13-14,19H,4-7,10-11H2,1-3H3,(H,20,22)/t13-,14+. The van der Waals surface area contributed by atoms with Gasteiger partial charge in [-0.1, -0.05) is 0 Å². The molecule has 6 nitrogen and oxygen atoms in total. The van der Waals surface area contributed by atoms with Crippen LogP contribution in [0.2, 0.25) is 0 Å². The van der Waals surface area contributed by atoms with Crippen LogP contribution >= 0.6 is 0 Å². The minimum absolute atomic E-state index is 0.0455. The predicted molar refractivity (Wildman–Crippen MR) is 94.0 cm³/mol. The van der Waals surface area contributed by atoms with Crippen LogP contribution in [0.1, 0.15) is 18.4 Å². The average Bonchev–Trinajstić information content (AvgIpc) is 2.94. The zero-order valence-electron chi connectivity index (χ0n) is 14.7.